The average molecular weight is 261 g/mol. The van der Waals surface area contributed by atoms with Gasteiger partial charge in [0.15, 0.2) is 0 Å². The van der Waals surface area contributed by atoms with E-state index in [1.54, 1.807) is 0 Å². The molecule has 1 aromatic carbocycles. The van der Waals surface area contributed by atoms with Gasteiger partial charge in [-0.3, -0.25) is 4.79 Å². The highest BCUT2D eigenvalue weighted by Gasteiger charge is 2.20. The molecule has 0 unspecified atom stereocenters. The first-order chi connectivity index (χ1) is 9.25. The van der Waals surface area contributed by atoms with Gasteiger partial charge < -0.3 is 9.64 Å². The Kier molecular flexibility index (Phi) is 5.25. The molecule has 3 heteroatoms. The highest BCUT2D eigenvalue weighted by molar-refractivity contribution is 5.76. The van der Waals surface area contributed by atoms with Gasteiger partial charge in [-0.2, -0.15) is 0 Å². The first kappa shape index (κ1) is 13.9. The van der Waals surface area contributed by atoms with Crippen LogP contribution in [0.15, 0.2) is 30.3 Å². The molecule has 0 N–H and O–H groups in total. The molecule has 0 spiro atoms. The summed E-state index contributed by atoms with van der Waals surface area (Å²) in [5.41, 5.74) is 0. The predicted molar refractivity (Wildman–Crippen MR) is 76.1 cm³/mol. The van der Waals surface area contributed by atoms with Gasteiger partial charge in [-0.25, -0.2) is 0 Å². The third-order valence-corrected chi connectivity index (χ3v) is 3.56. The topological polar surface area (TPSA) is 29.5 Å². The summed E-state index contributed by atoms with van der Waals surface area (Å²) in [7, 11) is 0. The van der Waals surface area contributed by atoms with Crippen molar-refractivity contribution >= 4 is 5.91 Å². The zero-order chi connectivity index (χ0) is 13.5. The lowest BCUT2D eigenvalue weighted by Gasteiger charge is -2.31. The number of carbonyl (C=O) groups excluding carboxylic acids is 1. The number of para-hydroxylation sites is 1. The fraction of sp³-hybridized carbons (Fsp3) is 0.562. The third-order valence-electron chi connectivity index (χ3n) is 3.56. The van der Waals surface area contributed by atoms with Crippen LogP contribution in [0, 0.1) is 5.92 Å². The molecular formula is C16H23NO2. The molecule has 0 aliphatic carbocycles. The van der Waals surface area contributed by atoms with Gasteiger partial charge in [0, 0.05) is 19.5 Å². The van der Waals surface area contributed by atoms with Gasteiger partial charge in [-0.1, -0.05) is 25.1 Å². The Morgan fingerprint density at radius 1 is 1.37 bits per heavy atom. The number of benzene rings is 1. The molecule has 1 aliphatic heterocycles. The maximum atomic E-state index is 12.0. The van der Waals surface area contributed by atoms with Gasteiger partial charge in [0.05, 0.1) is 6.61 Å². The highest BCUT2D eigenvalue weighted by atomic mass is 16.5. The van der Waals surface area contributed by atoms with Crippen molar-refractivity contribution in [1.82, 2.24) is 4.90 Å². The Morgan fingerprint density at radius 2 is 2.16 bits per heavy atom. The molecule has 1 saturated heterocycles. The van der Waals surface area contributed by atoms with Gasteiger partial charge in [0.2, 0.25) is 5.91 Å². The Labute approximate surface area is 115 Å². The molecule has 1 amide bonds. The van der Waals surface area contributed by atoms with E-state index in [0.29, 0.717) is 18.9 Å². The molecule has 19 heavy (non-hydrogen) atoms. The summed E-state index contributed by atoms with van der Waals surface area (Å²) in [5.74, 6) is 1.81. The van der Waals surface area contributed by atoms with Crippen LogP contribution in [0.2, 0.25) is 0 Å². The van der Waals surface area contributed by atoms with Crippen LogP contribution in [0.3, 0.4) is 0 Å². The standard InChI is InChI=1S/C16H23NO2/c1-14-7-5-11-17(13-14)16(18)10-6-12-19-15-8-3-2-4-9-15/h2-4,8-9,14H,5-7,10-13H2,1H3/t14-/m1/s1. The Morgan fingerprint density at radius 3 is 2.89 bits per heavy atom. The lowest BCUT2D eigenvalue weighted by molar-refractivity contribution is -0.133. The molecule has 1 aliphatic rings. The second kappa shape index (κ2) is 7.17. The lowest BCUT2D eigenvalue weighted by Crippen LogP contribution is -2.39. The number of hydrogen-bond acceptors (Lipinski definition) is 2. The molecule has 1 aromatic rings. The first-order valence-electron chi connectivity index (χ1n) is 7.21. The summed E-state index contributed by atoms with van der Waals surface area (Å²) < 4.78 is 5.59. The van der Waals surface area contributed by atoms with Crippen LogP contribution in [-0.2, 0) is 4.79 Å². The molecule has 104 valence electrons. The summed E-state index contributed by atoms with van der Waals surface area (Å²) in [6, 6.07) is 9.75. The smallest absolute Gasteiger partial charge is 0.222 e. The fourth-order valence-electron chi connectivity index (χ4n) is 2.50. The summed E-state index contributed by atoms with van der Waals surface area (Å²) in [6.07, 6.45) is 3.78. The van der Waals surface area contributed by atoms with Gasteiger partial charge in [0.1, 0.15) is 5.75 Å². The van der Waals surface area contributed by atoms with Crippen LogP contribution in [0.1, 0.15) is 32.6 Å². The number of amides is 1. The molecule has 3 nitrogen and oxygen atoms in total. The van der Waals surface area contributed by atoms with E-state index in [2.05, 4.69) is 6.92 Å². The SMILES string of the molecule is C[C@@H]1CCCN(C(=O)CCCOc2ccccc2)C1. The second-order valence-electron chi connectivity index (χ2n) is 5.35. The van der Waals surface area contributed by atoms with Gasteiger partial charge in [-0.15, -0.1) is 0 Å². The maximum Gasteiger partial charge on any atom is 0.222 e. The predicted octanol–water partition coefficient (Wildman–Crippen LogP) is 3.10. The Hall–Kier alpha value is -1.51. The summed E-state index contributed by atoms with van der Waals surface area (Å²) in [6.45, 7) is 4.69. The van der Waals surface area contributed by atoms with Crippen molar-refractivity contribution in [2.75, 3.05) is 19.7 Å². The van der Waals surface area contributed by atoms with Crippen molar-refractivity contribution in [2.45, 2.75) is 32.6 Å². The second-order valence-corrected chi connectivity index (χ2v) is 5.35. The summed E-state index contributed by atoms with van der Waals surface area (Å²) in [4.78, 5) is 14.0. The number of nitrogens with zero attached hydrogens (tertiary/aromatic N) is 1. The van der Waals surface area contributed by atoms with Crippen molar-refractivity contribution in [2.24, 2.45) is 5.92 Å². The highest BCUT2D eigenvalue weighted by Crippen LogP contribution is 2.16. The quantitative estimate of drug-likeness (QED) is 0.762. The van der Waals surface area contributed by atoms with Crippen molar-refractivity contribution in [3.8, 4) is 5.75 Å². The van der Waals surface area contributed by atoms with Gasteiger partial charge in [-0.05, 0) is 37.3 Å². The largest absolute Gasteiger partial charge is 0.494 e. The minimum atomic E-state index is 0.281. The van der Waals surface area contributed by atoms with Crippen LogP contribution in [0.4, 0.5) is 0 Å². The Balaban J connectivity index is 1.64. The molecule has 0 saturated carbocycles. The average Bonchev–Trinajstić information content (AvgIpc) is 2.44. The minimum absolute atomic E-state index is 0.281. The Bertz CT molecular complexity index is 391. The van der Waals surface area contributed by atoms with Crippen molar-refractivity contribution in [1.29, 1.82) is 0 Å². The number of piperidine rings is 1. The number of hydrogen-bond donors (Lipinski definition) is 0. The number of carbonyl (C=O) groups is 1. The summed E-state index contributed by atoms with van der Waals surface area (Å²) in [5, 5.41) is 0. The molecule has 0 aromatic heterocycles. The summed E-state index contributed by atoms with van der Waals surface area (Å²) >= 11 is 0. The molecule has 2 rings (SSSR count). The van der Waals surface area contributed by atoms with Crippen molar-refractivity contribution in [3.63, 3.8) is 0 Å². The van der Waals surface area contributed by atoms with E-state index >= 15 is 0 Å². The van der Waals surface area contributed by atoms with E-state index in [-0.39, 0.29) is 5.91 Å². The van der Waals surface area contributed by atoms with Crippen LogP contribution < -0.4 is 4.74 Å². The van der Waals surface area contributed by atoms with E-state index in [1.807, 2.05) is 35.2 Å². The molecule has 0 radical (unpaired) electrons. The van der Waals surface area contributed by atoms with E-state index < -0.39 is 0 Å². The first-order valence-corrected chi connectivity index (χ1v) is 7.21. The third kappa shape index (κ3) is 4.58. The molecule has 1 atom stereocenters. The van der Waals surface area contributed by atoms with E-state index in [9.17, 15) is 4.79 Å². The molecule has 1 fully saturated rings. The van der Waals surface area contributed by atoms with E-state index in [4.69, 9.17) is 4.74 Å². The van der Waals surface area contributed by atoms with Gasteiger partial charge >= 0.3 is 0 Å². The van der Waals surface area contributed by atoms with Crippen LogP contribution in [0.5, 0.6) is 5.75 Å². The normalized spacial score (nSPS) is 19.2. The minimum Gasteiger partial charge on any atom is -0.494 e. The van der Waals surface area contributed by atoms with Crippen LogP contribution in [0.25, 0.3) is 0 Å². The zero-order valence-corrected chi connectivity index (χ0v) is 11.7. The lowest BCUT2D eigenvalue weighted by atomic mass is 10.00. The zero-order valence-electron chi connectivity index (χ0n) is 11.7. The van der Waals surface area contributed by atoms with Crippen LogP contribution >= 0.6 is 0 Å². The molecule has 1 heterocycles. The molecular weight excluding hydrogens is 238 g/mol. The fourth-order valence-corrected chi connectivity index (χ4v) is 2.50. The monoisotopic (exact) mass is 261 g/mol. The van der Waals surface area contributed by atoms with Gasteiger partial charge in [0.25, 0.3) is 0 Å². The van der Waals surface area contributed by atoms with Crippen LogP contribution in [-0.4, -0.2) is 30.5 Å². The van der Waals surface area contributed by atoms with Crippen molar-refractivity contribution in [3.05, 3.63) is 30.3 Å². The van der Waals surface area contributed by atoms with E-state index in [0.717, 1.165) is 31.7 Å². The maximum absolute atomic E-state index is 12.0. The van der Waals surface area contributed by atoms with Crippen molar-refractivity contribution < 1.29 is 9.53 Å². The van der Waals surface area contributed by atoms with E-state index in [1.165, 1.54) is 6.42 Å². The molecule has 0 bridgehead atoms. The number of likely N-dealkylation sites (tertiary alicyclic amines) is 1. The number of rotatable bonds is 5. The number of ether oxygens (including phenoxy) is 1.